The topological polar surface area (TPSA) is 30.0 Å². The molecule has 1 saturated heterocycles. The van der Waals surface area contributed by atoms with Crippen LogP contribution < -0.4 is 14.7 Å². The van der Waals surface area contributed by atoms with E-state index < -0.39 is 0 Å². The molecule has 1 heterocycles. The van der Waals surface area contributed by atoms with Crippen LogP contribution in [0.4, 0.5) is 17.1 Å². The molecule has 0 spiro atoms. The fourth-order valence-electron chi connectivity index (χ4n) is 4.14. The first-order chi connectivity index (χ1) is 13.6. The Bertz CT molecular complexity index is 893. The third kappa shape index (κ3) is 3.26. The summed E-state index contributed by atoms with van der Waals surface area (Å²) < 4.78 is 0. The van der Waals surface area contributed by atoms with Gasteiger partial charge in [-0.1, -0.05) is 36.4 Å². The minimum absolute atomic E-state index is 0.0558. The minimum Gasteiger partial charge on any atom is -0.507 e. The van der Waals surface area contributed by atoms with E-state index >= 15 is 0 Å². The summed E-state index contributed by atoms with van der Waals surface area (Å²) in [5.74, 6) is 0.336. The summed E-state index contributed by atoms with van der Waals surface area (Å²) in [5.41, 5.74) is 5.47. The number of hydrogen-bond acceptors (Lipinski definition) is 4. The SMILES string of the molecule is Cc1cc(C2N(c3ccccc3)CCN2c2ccccc2)c(O)cc1N(C)C. The monoisotopic (exact) mass is 373 g/mol. The van der Waals surface area contributed by atoms with Crippen molar-refractivity contribution in [3.8, 4) is 5.75 Å². The van der Waals surface area contributed by atoms with Crippen LogP contribution >= 0.6 is 0 Å². The standard InChI is InChI=1S/C24H27N3O/c1-18-16-21(23(28)17-22(18)25(2)3)24-26(19-10-6-4-7-11-19)14-15-27(24)20-12-8-5-9-13-20/h4-13,16-17,24,28H,14-15H2,1-3H3. The molecule has 1 aliphatic heterocycles. The molecular weight excluding hydrogens is 346 g/mol. The Morgan fingerprint density at radius 2 is 1.32 bits per heavy atom. The number of phenolic OH excluding ortho intramolecular Hbond substituents is 1. The van der Waals surface area contributed by atoms with Crippen LogP contribution in [0.2, 0.25) is 0 Å². The maximum atomic E-state index is 11.0. The predicted octanol–water partition coefficient (Wildman–Crippen LogP) is 4.79. The molecule has 0 atom stereocenters. The average molecular weight is 374 g/mol. The molecule has 1 N–H and O–H groups in total. The largest absolute Gasteiger partial charge is 0.507 e. The Hall–Kier alpha value is -3.14. The fraction of sp³-hybridized carbons (Fsp3) is 0.250. The smallest absolute Gasteiger partial charge is 0.132 e. The Labute approximate surface area is 167 Å². The van der Waals surface area contributed by atoms with Crippen molar-refractivity contribution in [2.24, 2.45) is 0 Å². The number of phenols is 1. The van der Waals surface area contributed by atoms with Crippen molar-refractivity contribution >= 4 is 17.1 Å². The van der Waals surface area contributed by atoms with Crippen LogP contribution in [0.1, 0.15) is 17.3 Å². The lowest BCUT2D eigenvalue weighted by Gasteiger charge is -2.34. The molecule has 144 valence electrons. The molecule has 0 amide bonds. The van der Waals surface area contributed by atoms with Crippen LogP contribution in [-0.2, 0) is 0 Å². The van der Waals surface area contributed by atoms with E-state index in [0.717, 1.165) is 29.9 Å². The van der Waals surface area contributed by atoms with Gasteiger partial charge in [-0.25, -0.2) is 0 Å². The normalized spacial score (nSPS) is 14.5. The summed E-state index contributed by atoms with van der Waals surface area (Å²) in [5, 5.41) is 11.0. The van der Waals surface area contributed by atoms with Gasteiger partial charge >= 0.3 is 0 Å². The zero-order valence-corrected chi connectivity index (χ0v) is 16.7. The van der Waals surface area contributed by atoms with Gasteiger partial charge in [0.15, 0.2) is 0 Å². The number of hydrogen-bond donors (Lipinski definition) is 1. The van der Waals surface area contributed by atoms with Gasteiger partial charge in [-0.3, -0.25) is 0 Å². The van der Waals surface area contributed by atoms with Crippen molar-refractivity contribution in [1.29, 1.82) is 0 Å². The maximum absolute atomic E-state index is 11.0. The highest BCUT2D eigenvalue weighted by Crippen LogP contribution is 2.42. The van der Waals surface area contributed by atoms with Gasteiger partial charge in [0.05, 0.1) is 0 Å². The van der Waals surface area contributed by atoms with E-state index in [1.54, 1.807) is 0 Å². The third-order valence-electron chi connectivity index (χ3n) is 5.45. The minimum atomic E-state index is -0.0558. The molecule has 0 aromatic heterocycles. The lowest BCUT2D eigenvalue weighted by atomic mass is 10.0. The number of rotatable bonds is 4. The molecule has 4 nitrogen and oxygen atoms in total. The van der Waals surface area contributed by atoms with Gasteiger partial charge in [0.25, 0.3) is 0 Å². The van der Waals surface area contributed by atoms with E-state index in [9.17, 15) is 5.11 Å². The average Bonchev–Trinajstić information content (AvgIpc) is 3.15. The summed E-state index contributed by atoms with van der Waals surface area (Å²) in [7, 11) is 4.01. The van der Waals surface area contributed by atoms with E-state index in [4.69, 9.17) is 0 Å². The molecule has 1 fully saturated rings. The van der Waals surface area contributed by atoms with Crippen LogP contribution in [0.25, 0.3) is 0 Å². The maximum Gasteiger partial charge on any atom is 0.132 e. The molecule has 0 bridgehead atoms. The number of aromatic hydroxyl groups is 1. The molecule has 1 aliphatic rings. The van der Waals surface area contributed by atoms with E-state index in [0.29, 0.717) is 5.75 Å². The summed E-state index contributed by atoms with van der Waals surface area (Å²) in [6.45, 7) is 3.90. The van der Waals surface area contributed by atoms with E-state index in [1.165, 1.54) is 11.4 Å². The van der Waals surface area contributed by atoms with Crippen LogP contribution in [0.15, 0.2) is 72.8 Å². The zero-order valence-electron chi connectivity index (χ0n) is 16.7. The quantitative estimate of drug-likeness (QED) is 0.712. The Balaban J connectivity index is 1.83. The number of aryl methyl sites for hydroxylation is 1. The van der Waals surface area contributed by atoms with Gasteiger partial charge in [0.2, 0.25) is 0 Å². The lowest BCUT2D eigenvalue weighted by Crippen LogP contribution is -2.31. The molecule has 3 aromatic carbocycles. The van der Waals surface area contributed by atoms with Crippen molar-refractivity contribution in [1.82, 2.24) is 0 Å². The summed E-state index contributed by atoms with van der Waals surface area (Å²) in [6, 6.07) is 24.9. The van der Waals surface area contributed by atoms with Crippen molar-refractivity contribution in [3.05, 3.63) is 83.9 Å². The van der Waals surface area contributed by atoms with E-state index in [1.807, 2.05) is 37.2 Å². The highest BCUT2D eigenvalue weighted by molar-refractivity contribution is 5.64. The van der Waals surface area contributed by atoms with Crippen molar-refractivity contribution in [2.75, 3.05) is 41.9 Å². The molecule has 4 heteroatoms. The first kappa shape index (κ1) is 18.2. The van der Waals surface area contributed by atoms with Crippen LogP contribution in [0.3, 0.4) is 0 Å². The second kappa shape index (κ2) is 7.47. The van der Waals surface area contributed by atoms with Crippen molar-refractivity contribution < 1.29 is 5.11 Å². The van der Waals surface area contributed by atoms with E-state index in [-0.39, 0.29) is 6.17 Å². The summed E-state index contributed by atoms with van der Waals surface area (Å²) in [4.78, 5) is 6.78. The predicted molar refractivity (Wildman–Crippen MR) is 117 cm³/mol. The lowest BCUT2D eigenvalue weighted by molar-refractivity contribution is 0.461. The second-order valence-electron chi connectivity index (χ2n) is 7.52. The van der Waals surface area contributed by atoms with Crippen molar-refractivity contribution in [2.45, 2.75) is 13.1 Å². The zero-order chi connectivity index (χ0) is 19.7. The molecule has 3 aromatic rings. The van der Waals surface area contributed by atoms with Gasteiger partial charge < -0.3 is 19.8 Å². The van der Waals surface area contributed by atoms with Gasteiger partial charge in [0, 0.05) is 55.9 Å². The summed E-state index contributed by atoms with van der Waals surface area (Å²) in [6.07, 6.45) is -0.0558. The number of benzene rings is 3. The number of nitrogens with zero attached hydrogens (tertiary/aromatic N) is 3. The summed E-state index contributed by atoms with van der Waals surface area (Å²) >= 11 is 0. The molecule has 0 aliphatic carbocycles. The van der Waals surface area contributed by atoms with Gasteiger partial charge in [0.1, 0.15) is 11.9 Å². The highest BCUT2D eigenvalue weighted by atomic mass is 16.3. The third-order valence-corrected chi connectivity index (χ3v) is 5.45. The molecule has 0 saturated carbocycles. The Kier molecular flexibility index (Phi) is 4.86. The van der Waals surface area contributed by atoms with Crippen LogP contribution in [-0.4, -0.2) is 32.3 Å². The molecule has 0 unspecified atom stereocenters. The molecular formula is C24H27N3O. The number of anilines is 3. The fourth-order valence-corrected chi connectivity index (χ4v) is 4.14. The molecule has 4 rings (SSSR count). The van der Waals surface area contributed by atoms with E-state index in [2.05, 4.69) is 71.3 Å². The number of para-hydroxylation sites is 2. The molecule has 0 radical (unpaired) electrons. The van der Waals surface area contributed by atoms with Gasteiger partial charge in [-0.15, -0.1) is 0 Å². The van der Waals surface area contributed by atoms with Gasteiger partial charge in [-0.05, 0) is 42.8 Å². The van der Waals surface area contributed by atoms with Gasteiger partial charge in [-0.2, -0.15) is 0 Å². The highest BCUT2D eigenvalue weighted by Gasteiger charge is 2.35. The van der Waals surface area contributed by atoms with Crippen molar-refractivity contribution in [3.63, 3.8) is 0 Å². The van der Waals surface area contributed by atoms with Crippen LogP contribution in [0.5, 0.6) is 5.75 Å². The Morgan fingerprint density at radius 1 is 0.821 bits per heavy atom. The second-order valence-corrected chi connectivity index (χ2v) is 7.52. The van der Waals surface area contributed by atoms with Crippen LogP contribution in [0, 0.1) is 6.92 Å². The first-order valence-electron chi connectivity index (χ1n) is 9.70. The molecule has 28 heavy (non-hydrogen) atoms. The first-order valence-corrected chi connectivity index (χ1v) is 9.70. The Morgan fingerprint density at radius 3 is 1.79 bits per heavy atom.